The Kier molecular flexibility index (Phi) is 4.09. The van der Waals surface area contributed by atoms with E-state index in [0.29, 0.717) is 12.5 Å². The van der Waals surface area contributed by atoms with Crippen molar-refractivity contribution in [3.63, 3.8) is 0 Å². The van der Waals surface area contributed by atoms with E-state index in [0.717, 1.165) is 33.2 Å². The van der Waals surface area contributed by atoms with Gasteiger partial charge in [0.1, 0.15) is 0 Å². The Morgan fingerprint density at radius 3 is 2.40 bits per heavy atom. The number of nitrogens with zero attached hydrogens (tertiary/aromatic N) is 3. The van der Waals surface area contributed by atoms with Crippen molar-refractivity contribution in [2.45, 2.75) is 6.92 Å². The predicted molar refractivity (Wildman–Crippen MR) is 99.4 cm³/mol. The molecule has 4 aromatic rings. The van der Waals surface area contributed by atoms with Crippen molar-refractivity contribution in [2.24, 2.45) is 0 Å². The van der Waals surface area contributed by atoms with Gasteiger partial charge in [0, 0.05) is 41.8 Å². The van der Waals surface area contributed by atoms with Crippen LogP contribution < -0.4 is 4.74 Å². The molecule has 25 heavy (non-hydrogen) atoms. The van der Waals surface area contributed by atoms with Gasteiger partial charge in [-0.2, -0.15) is 0 Å². The Labute approximate surface area is 146 Å². The maximum atomic E-state index is 5.42. The van der Waals surface area contributed by atoms with Crippen LogP contribution in [0.1, 0.15) is 6.92 Å². The van der Waals surface area contributed by atoms with Crippen molar-refractivity contribution in [1.82, 2.24) is 15.0 Å². The normalized spacial score (nSPS) is 10.8. The zero-order chi connectivity index (χ0) is 17.1. The number of hydrogen-bond donors (Lipinski definition) is 0. The van der Waals surface area contributed by atoms with Crippen LogP contribution in [0.4, 0.5) is 0 Å². The van der Waals surface area contributed by atoms with Crippen molar-refractivity contribution in [1.29, 1.82) is 0 Å². The molecule has 0 fully saturated rings. The van der Waals surface area contributed by atoms with Gasteiger partial charge in [0.2, 0.25) is 5.88 Å². The maximum absolute atomic E-state index is 5.42. The summed E-state index contributed by atoms with van der Waals surface area (Å²) in [5, 5.41) is 1.11. The molecule has 0 saturated carbocycles. The van der Waals surface area contributed by atoms with E-state index < -0.39 is 0 Å². The molecule has 4 nitrogen and oxygen atoms in total. The summed E-state index contributed by atoms with van der Waals surface area (Å²) in [6, 6.07) is 16.3. The fraction of sp³-hybridized carbons (Fsp3) is 0.0952. The number of benzene rings is 1. The van der Waals surface area contributed by atoms with Gasteiger partial charge in [-0.3, -0.25) is 9.97 Å². The lowest BCUT2D eigenvalue weighted by Crippen LogP contribution is -1.93. The molecule has 0 saturated heterocycles. The van der Waals surface area contributed by atoms with Gasteiger partial charge >= 0.3 is 0 Å². The molecule has 0 atom stereocenters. The number of ether oxygens (including phenoxy) is 1. The summed E-state index contributed by atoms with van der Waals surface area (Å²) >= 11 is 0. The third-order valence-electron chi connectivity index (χ3n) is 4.09. The number of rotatable bonds is 4. The first-order chi connectivity index (χ1) is 12.3. The minimum absolute atomic E-state index is 0.614. The summed E-state index contributed by atoms with van der Waals surface area (Å²) < 4.78 is 5.42. The lowest BCUT2D eigenvalue weighted by molar-refractivity contribution is 0.327. The number of fused-ring (bicyclic) bond motifs is 1. The fourth-order valence-electron chi connectivity index (χ4n) is 2.89. The van der Waals surface area contributed by atoms with E-state index >= 15 is 0 Å². The Bertz CT molecular complexity index is 998. The molecular weight excluding hydrogens is 310 g/mol. The van der Waals surface area contributed by atoms with Crippen molar-refractivity contribution in [2.75, 3.05) is 6.61 Å². The van der Waals surface area contributed by atoms with Crippen molar-refractivity contribution in [3.05, 3.63) is 73.3 Å². The van der Waals surface area contributed by atoms with E-state index in [2.05, 4.69) is 27.1 Å². The van der Waals surface area contributed by atoms with Gasteiger partial charge in [0.25, 0.3) is 0 Å². The van der Waals surface area contributed by atoms with Gasteiger partial charge in [0.05, 0.1) is 12.1 Å². The van der Waals surface area contributed by atoms with Crippen LogP contribution in [0.3, 0.4) is 0 Å². The number of hydrogen-bond acceptors (Lipinski definition) is 4. The third-order valence-corrected chi connectivity index (χ3v) is 4.09. The molecule has 3 aromatic heterocycles. The van der Waals surface area contributed by atoms with E-state index in [4.69, 9.17) is 4.74 Å². The minimum atomic E-state index is 0.614. The standard InChI is InChI=1S/C21H17N3O/c1-2-25-21-6-4-17(14-24-21)16-3-5-20-19(13-16)18(9-12-23-20)15-7-10-22-11-8-15/h3-14H,2H2,1H3. The number of aromatic nitrogens is 3. The molecule has 4 rings (SSSR count). The molecule has 4 heteroatoms. The molecular formula is C21H17N3O. The summed E-state index contributed by atoms with van der Waals surface area (Å²) in [6.45, 7) is 2.57. The Balaban J connectivity index is 1.81. The zero-order valence-corrected chi connectivity index (χ0v) is 13.9. The van der Waals surface area contributed by atoms with Crippen LogP contribution in [0.25, 0.3) is 33.2 Å². The largest absolute Gasteiger partial charge is 0.478 e. The molecule has 0 radical (unpaired) electrons. The average molecular weight is 327 g/mol. The van der Waals surface area contributed by atoms with Crippen molar-refractivity contribution in [3.8, 4) is 28.1 Å². The van der Waals surface area contributed by atoms with Crippen LogP contribution in [0.5, 0.6) is 5.88 Å². The van der Waals surface area contributed by atoms with Gasteiger partial charge in [0.15, 0.2) is 0 Å². The summed E-state index contributed by atoms with van der Waals surface area (Å²) in [5.41, 5.74) is 5.40. The molecule has 0 aliphatic heterocycles. The van der Waals surface area contributed by atoms with Gasteiger partial charge in [-0.05, 0) is 60.0 Å². The Hall–Kier alpha value is -3.27. The van der Waals surface area contributed by atoms with Crippen LogP contribution in [0.2, 0.25) is 0 Å². The van der Waals surface area contributed by atoms with Gasteiger partial charge in [-0.1, -0.05) is 6.07 Å². The SMILES string of the molecule is CCOc1ccc(-c2ccc3nccc(-c4ccncc4)c3c2)cn1. The Morgan fingerprint density at radius 2 is 1.64 bits per heavy atom. The molecule has 0 N–H and O–H groups in total. The van der Waals surface area contributed by atoms with Crippen LogP contribution >= 0.6 is 0 Å². The second kappa shape index (κ2) is 6.69. The molecule has 0 aliphatic carbocycles. The topological polar surface area (TPSA) is 47.9 Å². The highest BCUT2D eigenvalue weighted by atomic mass is 16.5. The second-order valence-electron chi connectivity index (χ2n) is 5.64. The third kappa shape index (κ3) is 3.06. The van der Waals surface area contributed by atoms with Gasteiger partial charge < -0.3 is 4.74 Å². The summed E-state index contributed by atoms with van der Waals surface area (Å²) in [7, 11) is 0. The first-order valence-corrected chi connectivity index (χ1v) is 8.23. The molecule has 0 aliphatic rings. The minimum Gasteiger partial charge on any atom is -0.478 e. The van der Waals surface area contributed by atoms with Crippen molar-refractivity contribution >= 4 is 10.9 Å². The molecule has 0 amide bonds. The molecule has 122 valence electrons. The monoisotopic (exact) mass is 327 g/mol. The molecule has 0 unspecified atom stereocenters. The first-order valence-electron chi connectivity index (χ1n) is 8.23. The quantitative estimate of drug-likeness (QED) is 0.542. The predicted octanol–water partition coefficient (Wildman–Crippen LogP) is 4.76. The summed E-state index contributed by atoms with van der Waals surface area (Å²) in [5.74, 6) is 0.645. The van der Waals surface area contributed by atoms with E-state index in [9.17, 15) is 0 Å². The highest BCUT2D eigenvalue weighted by Crippen LogP contribution is 2.31. The van der Waals surface area contributed by atoms with E-state index in [1.165, 1.54) is 0 Å². The lowest BCUT2D eigenvalue weighted by atomic mass is 9.98. The first kappa shape index (κ1) is 15.3. The fourth-order valence-corrected chi connectivity index (χ4v) is 2.89. The van der Waals surface area contributed by atoms with Gasteiger partial charge in [-0.15, -0.1) is 0 Å². The Morgan fingerprint density at radius 1 is 0.800 bits per heavy atom. The molecule has 1 aromatic carbocycles. The van der Waals surface area contributed by atoms with Crippen LogP contribution in [0, 0.1) is 0 Å². The highest BCUT2D eigenvalue weighted by molar-refractivity contribution is 5.96. The van der Waals surface area contributed by atoms with E-state index in [1.54, 1.807) is 0 Å². The maximum Gasteiger partial charge on any atom is 0.213 e. The van der Waals surface area contributed by atoms with Crippen LogP contribution in [-0.4, -0.2) is 21.6 Å². The van der Waals surface area contributed by atoms with Gasteiger partial charge in [-0.25, -0.2) is 4.98 Å². The van der Waals surface area contributed by atoms with E-state index in [-0.39, 0.29) is 0 Å². The van der Waals surface area contributed by atoms with Crippen molar-refractivity contribution < 1.29 is 4.74 Å². The smallest absolute Gasteiger partial charge is 0.213 e. The lowest BCUT2D eigenvalue weighted by Gasteiger charge is -2.09. The second-order valence-corrected chi connectivity index (χ2v) is 5.64. The van der Waals surface area contributed by atoms with Crippen LogP contribution in [0.15, 0.2) is 73.3 Å². The summed E-state index contributed by atoms with van der Waals surface area (Å²) in [6.07, 6.45) is 7.30. The highest BCUT2D eigenvalue weighted by Gasteiger charge is 2.07. The number of pyridine rings is 3. The zero-order valence-electron chi connectivity index (χ0n) is 13.9. The average Bonchev–Trinajstić information content (AvgIpc) is 2.69. The molecule has 0 spiro atoms. The molecule has 0 bridgehead atoms. The van der Waals surface area contributed by atoms with E-state index in [1.807, 2.05) is 68.1 Å². The van der Waals surface area contributed by atoms with Crippen LogP contribution in [-0.2, 0) is 0 Å². The molecule has 3 heterocycles. The summed E-state index contributed by atoms with van der Waals surface area (Å²) in [4.78, 5) is 13.0.